The van der Waals surface area contributed by atoms with Crippen molar-refractivity contribution in [3.8, 4) is 0 Å². The molecule has 0 aromatic carbocycles. The van der Waals surface area contributed by atoms with Gasteiger partial charge >= 0.3 is 0 Å². The lowest BCUT2D eigenvalue weighted by atomic mass is 9.98. The zero-order chi connectivity index (χ0) is 9.22. The van der Waals surface area contributed by atoms with Gasteiger partial charge in [0.15, 0.2) is 0 Å². The number of H-pyrrole nitrogens is 1. The second-order valence-corrected chi connectivity index (χ2v) is 4.87. The highest BCUT2D eigenvalue weighted by Gasteiger charge is 2.62. The number of nitrogens with one attached hydrogen (secondary N) is 1. The zero-order valence-corrected chi connectivity index (χ0v) is 7.92. The molecule has 0 amide bonds. The number of hydrogen-bond acceptors (Lipinski definition) is 1. The highest BCUT2D eigenvalue weighted by molar-refractivity contribution is 5.40. The Balaban J connectivity index is 2.16. The molecule has 2 nitrogen and oxygen atoms in total. The average Bonchev–Trinajstić information content (AvgIpc) is 2.44. The number of aromatic nitrogens is 1. The molecule has 1 fully saturated rings. The van der Waals surface area contributed by atoms with Crippen LogP contribution in [0.2, 0.25) is 0 Å². The van der Waals surface area contributed by atoms with Crippen LogP contribution < -0.4 is 5.56 Å². The Bertz CT molecular complexity index is 430. The molecule has 0 bridgehead atoms. The SMILES string of the molecule is CC1(C)[C@@H]2Cc3ccc(=O)[nH]c3[C@@H]21. The maximum atomic E-state index is 11.1. The number of rotatable bonds is 0. The fraction of sp³-hybridized carbons (Fsp3) is 0.545. The molecule has 1 heterocycles. The van der Waals surface area contributed by atoms with Crippen molar-refractivity contribution < 1.29 is 0 Å². The van der Waals surface area contributed by atoms with E-state index in [-0.39, 0.29) is 5.56 Å². The quantitative estimate of drug-likeness (QED) is 0.639. The van der Waals surface area contributed by atoms with Gasteiger partial charge in [0.2, 0.25) is 5.56 Å². The Morgan fingerprint density at radius 3 is 3.00 bits per heavy atom. The molecule has 13 heavy (non-hydrogen) atoms. The summed E-state index contributed by atoms with van der Waals surface area (Å²) in [4.78, 5) is 14.1. The van der Waals surface area contributed by atoms with E-state index in [9.17, 15) is 4.79 Å². The van der Waals surface area contributed by atoms with Crippen LogP contribution in [-0.4, -0.2) is 4.98 Å². The van der Waals surface area contributed by atoms with Crippen LogP contribution in [0.5, 0.6) is 0 Å². The summed E-state index contributed by atoms with van der Waals surface area (Å²) in [7, 11) is 0. The fourth-order valence-electron chi connectivity index (χ4n) is 2.91. The minimum Gasteiger partial charge on any atom is -0.326 e. The van der Waals surface area contributed by atoms with Gasteiger partial charge in [0.05, 0.1) is 0 Å². The van der Waals surface area contributed by atoms with E-state index in [2.05, 4.69) is 18.8 Å². The van der Waals surface area contributed by atoms with Gasteiger partial charge in [-0.2, -0.15) is 0 Å². The third-order valence-corrected chi connectivity index (χ3v) is 3.84. The van der Waals surface area contributed by atoms with Crippen LogP contribution in [-0.2, 0) is 6.42 Å². The molecule has 0 spiro atoms. The number of fused-ring (bicyclic) bond motifs is 3. The maximum Gasteiger partial charge on any atom is 0.248 e. The molecule has 1 aromatic heterocycles. The zero-order valence-electron chi connectivity index (χ0n) is 7.92. The monoisotopic (exact) mass is 175 g/mol. The first-order chi connectivity index (χ1) is 6.10. The van der Waals surface area contributed by atoms with E-state index in [1.54, 1.807) is 6.07 Å². The summed E-state index contributed by atoms with van der Waals surface area (Å²) in [5.41, 5.74) is 3.04. The van der Waals surface area contributed by atoms with Gasteiger partial charge in [-0.1, -0.05) is 19.9 Å². The molecule has 0 saturated heterocycles. The predicted molar refractivity (Wildman–Crippen MR) is 50.8 cm³/mol. The Labute approximate surface area is 77.0 Å². The van der Waals surface area contributed by atoms with Gasteiger partial charge in [-0.3, -0.25) is 4.79 Å². The Hall–Kier alpha value is -1.05. The van der Waals surface area contributed by atoms with E-state index in [1.165, 1.54) is 11.3 Å². The number of pyridine rings is 1. The van der Waals surface area contributed by atoms with E-state index in [4.69, 9.17) is 0 Å². The molecule has 1 aromatic rings. The third kappa shape index (κ3) is 0.761. The molecule has 2 heteroatoms. The molecular weight excluding hydrogens is 162 g/mol. The highest BCUT2D eigenvalue weighted by atomic mass is 16.1. The van der Waals surface area contributed by atoms with Crippen LogP contribution in [0.15, 0.2) is 16.9 Å². The standard InChI is InChI=1S/C11H13NO/c1-11(2)7-5-6-3-4-8(13)12-10(6)9(7)11/h3-4,7,9H,5H2,1-2H3,(H,12,13)/t7-,9-/m1/s1. The summed E-state index contributed by atoms with van der Waals surface area (Å²) < 4.78 is 0. The summed E-state index contributed by atoms with van der Waals surface area (Å²) in [6, 6.07) is 3.62. The van der Waals surface area contributed by atoms with Crippen molar-refractivity contribution in [2.45, 2.75) is 26.2 Å². The van der Waals surface area contributed by atoms with Crippen LogP contribution in [0.3, 0.4) is 0 Å². The topological polar surface area (TPSA) is 32.9 Å². The summed E-state index contributed by atoms with van der Waals surface area (Å²) in [6.45, 7) is 4.58. The van der Waals surface area contributed by atoms with Gasteiger partial charge in [0.25, 0.3) is 0 Å². The summed E-state index contributed by atoms with van der Waals surface area (Å²) in [6.07, 6.45) is 1.16. The van der Waals surface area contributed by atoms with E-state index in [0.717, 1.165) is 12.3 Å². The molecule has 2 aliphatic carbocycles. The minimum absolute atomic E-state index is 0.0436. The van der Waals surface area contributed by atoms with Crippen LogP contribution in [0, 0.1) is 11.3 Å². The van der Waals surface area contributed by atoms with E-state index in [1.807, 2.05) is 6.07 Å². The van der Waals surface area contributed by atoms with Crippen LogP contribution in [0.4, 0.5) is 0 Å². The predicted octanol–water partition coefficient (Wildman–Crippen LogP) is 1.67. The van der Waals surface area contributed by atoms with Crippen molar-refractivity contribution in [2.24, 2.45) is 11.3 Å². The normalized spacial score (nSPS) is 32.5. The van der Waals surface area contributed by atoms with Crippen LogP contribution >= 0.6 is 0 Å². The maximum absolute atomic E-state index is 11.1. The molecule has 2 atom stereocenters. The molecule has 0 unspecified atom stereocenters. The van der Waals surface area contributed by atoms with Crippen molar-refractivity contribution in [3.05, 3.63) is 33.7 Å². The Morgan fingerprint density at radius 1 is 1.46 bits per heavy atom. The highest BCUT2D eigenvalue weighted by Crippen LogP contribution is 2.69. The molecule has 0 aliphatic heterocycles. The van der Waals surface area contributed by atoms with Gasteiger partial charge < -0.3 is 4.98 Å². The Kier molecular flexibility index (Phi) is 1.07. The van der Waals surface area contributed by atoms with Gasteiger partial charge in [-0.15, -0.1) is 0 Å². The first-order valence-corrected chi connectivity index (χ1v) is 4.83. The largest absolute Gasteiger partial charge is 0.326 e. The van der Waals surface area contributed by atoms with Gasteiger partial charge in [0.1, 0.15) is 0 Å². The first kappa shape index (κ1) is 7.36. The van der Waals surface area contributed by atoms with E-state index in [0.29, 0.717) is 11.3 Å². The molecule has 0 radical (unpaired) electrons. The lowest BCUT2D eigenvalue weighted by Crippen LogP contribution is -2.10. The molecule has 68 valence electrons. The third-order valence-electron chi connectivity index (χ3n) is 3.84. The van der Waals surface area contributed by atoms with Gasteiger partial charge in [0, 0.05) is 17.7 Å². The number of aromatic amines is 1. The van der Waals surface area contributed by atoms with Gasteiger partial charge in [-0.25, -0.2) is 0 Å². The van der Waals surface area contributed by atoms with Crippen molar-refractivity contribution in [2.75, 3.05) is 0 Å². The first-order valence-electron chi connectivity index (χ1n) is 4.83. The minimum atomic E-state index is 0.0436. The van der Waals surface area contributed by atoms with Crippen molar-refractivity contribution in [3.63, 3.8) is 0 Å². The molecule has 3 rings (SSSR count). The average molecular weight is 175 g/mol. The molecule has 1 N–H and O–H groups in total. The van der Waals surface area contributed by atoms with E-state index >= 15 is 0 Å². The van der Waals surface area contributed by atoms with Gasteiger partial charge in [-0.05, 0) is 23.3 Å². The Morgan fingerprint density at radius 2 is 2.23 bits per heavy atom. The number of hydrogen-bond donors (Lipinski definition) is 1. The summed E-state index contributed by atoms with van der Waals surface area (Å²) in [5, 5.41) is 0. The smallest absolute Gasteiger partial charge is 0.248 e. The molecule has 1 saturated carbocycles. The fourth-order valence-corrected chi connectivity index (χ4v) is 2.91. The van der Waals surface area contributed by atoms with Crippen molar-refractivity contribution >= 4 is 0 Å². The van der Waals surface area contributed by atoms with Crippen LogP contribution in [0.1, 0.15) is 31.0 Å². The van der Waals surface area contributed by atoms with Crippen molar-refractivity contribution in [1.82, 2.24) is 4.98 Å². The lowest BCUT2D eigenvalue weighted by molar-refractivity contribution is 0.537. The van der Waals surface area contributed by atoms with Crippen LogP contribution in [0.25, 0.3) is 0 Å². The van der Waals surface area contributed by atoms with Crippen molar-refractivity contribution in [1.29, 1.82) is 0 Å². The lowest BCUT2D eigenvalue weighted by Gasteiger charge is -2.09. The molecule has 2 aliphatic rings. The van der Waals surface area contributed by atoms with E-state index < -0.39 is 0 Å². The summed E-state index contributed by atoms with van der Waals surface area (Å²) >= 11 is 0. The second kappa shape index (κ2) is 1.89. The second-order valence-electron chi connectivity index (χ2n) is 4.87. The summed E-state index contributed by atoms with van der Waals surface area (Å²) in [5.74, 6) is 1.40. The molecular formula is C11H13NO.